The van der Waals surface area contributed by atoms with Gasteiger partial charge in [-0.15, -0.1) is 0 Å². The van der Waals surface area contributed by atoms with Gasteiger partial charge in [-0.25, -0.2) is 0 Å². The molecule has 0 amide bonds. The van der Waals surface area contributed by atoms with E-state index in [0.29, 0.717) is 38.1 Å². The molecule has 0 aliphatic carbocycles. The van der Waals surface area contributed by atoms with Crippen LogP contribution in [0.5, 0.6) is 0 Å². The van der Waals surface area contributed by atoms with Crippen molar-refractivity contribution >= 4 is 0 Å². The maximum atomic E-state index is 5.70. The molecule has 2 aliphatic heterocycles. The zero-order chi connectivity index (χ0) is 12.4. The van der Waals surface area contributed by atoms with Crippen molar-refractivity contribution in [3.8, 4) is 0 Å². The first-order valence-corrected chi connectivity index (χ1v) is 6.25. The van der Waals surface area contributed by atoms with Gasteiger partial charge in [0.2, 0.25) is 5.82 Å². The lowest BCUT2D eigenvalue weighted by molar-refractivity contribution is -0.0941. The van der Waals surface area contributed by atoms with Crippen LogP contribution in [0, 0.1) is 0 Å². The molecule has 0 saturated carbocycles. The SMILES string of the molecule is NCC1CCC(c2nc(C3COCCO3)no2)O1. The summed E-state index contributed by atoms with van der Waals surface area (Å²) in [6.07, 6.45) is 1.53. The monoisotopic (exact) mass is 255 g/mol. The summed E-state index contributed by atoms with van der Waals surface area (Å²) in [4.78, 5) is 4.34. The first kappa shape index (κ1) is 12.0. The van der Waals surface area contributed by atoms with Crippen LogP contribution >= 0.6 is 0 Å². The van der Waals surface area contributed by atoms with E-state index in [1.807, 2.05) is 0 Å². The molecule has 2 N–H and O–H groups in total. The molecule has 3 rings (SSSR count). The maximum absolute atomic E-state index is 5.70. The minimum atomic E-state index is -0.233. The Morgan fingerprint density at radius 1 is 1.22 bits per heavy atom. The summed E-state index contributed by atoms with van der Waals surface area (Å²) < 4.78 is 21.8. The number of nitrogens with zero attached hydrogens (tertiary/aromatic N) is 2. The summed E-state index contributed by atoms with van der Waals surface area (Å²) >= 11 is 0. The van der Waals surface area contributed by atoms with Crippen molar-refractivity contribution in [2.75, 3.05) is 26.4 Å². The first-order chi connectivity index (χ1) is 8.86. The number of hydrogen-bond acceptors (Lipinski definition) is 7. The fraction of sp³-hybridized carbons (Fsp3) is 0.818. The van der Waals surface area contributed by atoms with Gasteiger partial charge >= 0.3 is 0 Å². The predicted octanol–water partition coefficient (Wildman–Crippen LogP) is 0.336. The molecular weight excluding hydrogens is 238 g/mol. The first-order valence-electron chi connectivity index (χ1n) is 6.25. The molecule has 2 saturated heterocycles. The third-order valence-corrected chi connectivity index (χ3v) is 3.21. The number of aromatic nitrogens is 2. The second-order valence-electron chi connectivity index (χ2n) is 4.48. The lowest BCUT2D eigenvalue weighted by atomic mass is 10.2. The standard InChI is InChI=1S/C11H17N3O4/c12-5-7-1-2-8(17-7)11-13-10(14-18-11)9-6-15-3-4-16-9/h7-9H,1-6,12H2. The number of hydrogen-bond donors (Lipinski definition) is 1. The molecule has 2 aliphatic rings. The molecule has 18 heavy (non-hydrogen) atoms. The predicted molar refractivity (Wildman–Crippen MR) is 59.7 cm³/mol. The van der Waals surface area contributed by atoms with E-state index in [0.717, 1.165) is 12.8 Å². The molecule has 1 aromatic rings. The van der Waals surface area contributed by atoms with Gasteiger partial charge in [0, 0.05) is 6.54 Å². The van der Waals surface area contributed by atoms with Crippen LogP contribution in [0.15, 0.2) is 4.52 Å². The lowest BCUT2D eigenvalue weighted by Gasteiger charge is -2.19. The second kappa shape index (κ2) is 5.31. The van der Waals surface area contributed by atoms with Crippen molar-refractivity contribution in [3.63, 3.8) is 0 Å². The van der Waals surface area contributed by atoms with E-state index in [2.05, 4.69) is 10.1 Å². The Morgan fingerprint density at radius 2 is 2.17 bits per heavy atom. The molecule has 3 heterocycles. The van der Waals surface area contributed by atoms with E-state index in [9.17, 15) is 0 Å². The minimum absolute atomic E-state index is 0.0969. The molecule has 0 aromatic carbocycles. The van der Waals surface area contributed by atoms with Crippen molar-refractivity contribution in [1.82, 2.24) is 10.1 Å². The topological polar surface area (TPSA) is 92.6 Å². The van der Waals surface area contributed by atoms with Gasteiger partial charge in [-0.2, -0.15) is 4.98 Å². The minimum Gasteiger partial charge on any atom is -0.376 e. The zero-order valence-corrected chi connectivity index (χ0v) is 10.1. The normalized spacial score (nSPS) is 32.8. The van der Waals surface area contributed by atoms with Crippen LogP contribution in [-0.2, 0) is 14.2 Å². The Labute approximate surface area is 105 Å². The van der Waals surface area contributed by atoms with Crippen LogP contribution < -0.4 is 5.73 Å². The van der Waals surface area contributed by atoms with Gasteiger partial charge in [0.1, 0.15) is 12.2 Å². The highest BCUT2D eigenvalue weighted by molar-refractivity contribution is 4.96. The summed E-state index contributed by atoms with van der Waals surface area (Å²) in [6.45, 7) is 2.17. The van der Waals surface area contributed by atoms with E-state index in [-0.39, 0.29) is 18.3 Å². The molecule has 0 radical (unpaired) electrons. The van der Waals surface area contributed by atoms with Crippen LogP contribution in [0.3, 0.4) is 0 Å². The summed E-state index contributed by atoms with van der Waals surface area (Å²) in [5.74, 6) is 1.04. The van der Waals surface area contributed by atoms with Gasteiger partial charge in [-0.3, -0.25) is 0 Å². The van der Waals surface area contributed by atoms with Crippen LogP contribution in [0.25, 0.3) is 0 Å². The summed E-state index contributed by atoms with van der Waals surface area (Å²) in [5.41, 5.74) is 5.57. The Hall–Kier alpha value is -1.02. The van der Waals surface area contributed by atoms with Gasteiger partial charge in [-0.05, 0) is 12.8 Å². The Morgan fingerprint density at radius 3 is 2.89 bits per heavy atom. The van der Waals surface area contributed by atoms with Crippen LogP contribution in [0.4, 0.5) is 0 Å². The van der Waals surface area contributed by atoms with E-state index in [1.54, 1.807) is 0 Å². The number of nitrogens with two attached hydrogens (primary N) is 1. The maximum Gasteiger partial charge on any atom is 0.255 e. The highest BCUT2D eigenvalue weighted by Gasteiger charge is 2.31. The fourth-order valence-electron chi connectivity index (χ4n) is 2.21. The molecule has 3 unspecified atom stereocenters. The third kappa shape index (κ3) is 2.39. The van der Waals surface area contributed by atoms with Gasteiger partial charge in [0.25, 0.3) is 5.89 Å². The molecule has 2 fully saturated rings. The van der Waals surface area contributed by atoms with Crippen molar-refractivity contribution in [1.29, 1.82) is 0 Å². The largest absolute Gasteiger partial charge is 0.376 e. The summed E-state index contributed by atoms with van der Waals surface area (Å²) in [5, 5.41) is 3.93. The summed E-state index contributed by atoms with van der Waals surface area (Å²) in [7, 11) is 0. The molecule has 7 heteroatoms. The number of ether oxygens (including phenoxy) is 3. The van der Waals surface area contributed by atoms with Crippen molar-refractivity contribution < 1.29 is 18.7 Å². The van der Waals surface area contributed by atoms with Crippen LogP contribution in [-0.4, -0.2) is 42.6 Å². The average Bonchev–Trinajstić information content (AvgIpc) is 3.08. The molecule has 0 bridgehead atoms. The quantitative estimate of drug-likeness (QED) is 0.832. The molecule has 1 aromatic heterocycles. The van der Waals surface area contributed by atoms with E-state index in [1.165, 1.54) is 0 Å². The van der Waals surface area contributed by atoms with Crippen LogP contribution in [0.1, 0.15) is 36.8 Å². The Bertz CT molecular complexity index is 391. The Balaban J connectivity index is 1.66. The smallest absolute Gasteiger partial charge is 0.255 e. The molecule has 7 nitrogen and oxygen atoms in total. The molecule has 3 atom stereocenters. The number of rotatable bonds is 3. The molecule has 100 valence electrons. The highest BCUT2D eigenvalue weighted by Crippen LogP contribution is 2.32. The van der Waals surface area contributed by atoms with E-state index >= 15 is 0 Å². The van der Waals surface area contributed by atoms with E-state index in [4.69, 9.17) is 24.5 Å². The fourth-order valence-corrected chi connectivity index (χ4v) is 2.21. The highest BCUT2D eigenvalue weighted by atomic mass is 16.6. The molecule has 0 spiro atoms. The molecular formula is C11H17N3O4. The van der Waals surface area contributed by atoms with Gasteiger partial charge in [0.05, 0.1) is 25.9 Å². The van der Waals surface area contributed by atoms with Gasteiger partial charge in [-0.1, -0.05) is 5.16 Å². The van der Waals surface area contributed by atoms with Crippen molar-refractivity contribution in [2.24, 2.45) is 5.73 Å². The van der Waals surface area contributed by atoms with Gasteiger partial charge in [0.15, 0.2) is 0 Å². The van der Waals surface area contributed by atoms with E-state index < -0.39 is 0 Å². The summed E-state index contributed by atoms with van der Waals surface area (Å²) in [6, 6.07) is 0. The second-order valence-corrected chi connectivity index (χ2v) is 4.48. The van der Waals surface area contributed by atoms with Gasteiger partial charge < -0.3 is 24.5 Å². The third-order valence-electron chi connectivity index (χ3n) is 3.21. The lowest BCUT2D eigenvalue weighted by Crippen LogP contribution is -2.22. The van der Waals surface area contributed by atoms with Crippen molar-refractivity contribution in [3.05, 3.63) is 11.7 Å². The Kier molecular flexibility index (Phi) is 3.55. The average molecular weight is 255 g/mol. The van der Waals surface area contributed by atoms with Crippen molar-refractivity contribution in [2.45, 2.75) is 31.2 Å². The van der Waals surface area contributed by atoms with Crippen LogP contribution in [0.2, 0.25) is 0 Å². The zero-order valence-electron chi connectivity index (χ0n) is 10.1.